The molecule has 0 aliphatic carbocycles. The van der Waals surface area contributed by atoms with Gasteiger partial charge in [-0.05, 0) is 24.3 Å². The van der Waals surface area contributed by atoms with Crippen molar-refractivity contribution >= 4 is 23.3 Å². The maximum atomic E-state index is 12.4. The van der Waals surface area contributed by atoms with Gasteiger partial charge in [-0.2, -0.15) is 0 Å². The van der Waals surface area contributed by atoms with Gasteiger partial charge in [0, 0.05) is 48.9 Å². The summed E-state index contributed by atoms with van der Waals surface area (Å²) < 4.78 is 15.8. The molecule has 0 aromatic heterocycles. The molecule has 8 nitrogen and oxygen atoms in total. The number of nitrogens with one attached hydrogen (secondary N) is 2. The van der Waals surface area contributed by atoms with Crippen molar-refractivity contribution in [2.24, 2.45) is 5.92 Å². The first-order chi connectivity index (χ1) is 13.6. The van der Waals surface area contributed by atoms with Crippen molar-refractivity contribution in [2.75, 3.05) is 37.2 Å². The number of carbonyl (C=O) groups excluding carboxylic acids is 2. The van der Waals surface area contributed by atoms with E-state index < -0.39 is 0 Å². The molecule has 2 aliphatic rings. The van der Waals surface area contributed by atoms with E-state index in [1.165, 1.54) is 0 Å². The molecule has 8 heteroatoms. The van der Waals surface area contributed by atoms with Crippen LogP contribution in [-0.4, -0.2) is 38.9 Å². The summed E-state index contributed by atoms with van der Waals surface area (Å²) >= 11 is 0. The van der Waals surface area contributed by atoms with Crippen LogP contribution in [0.25, 0.3) is 0 Å². The minimum Gasteiger partial charge on any atom is -0.497 e. The Morgan fingerprint density at radius 3 is 2.93 bits per heavy atom. The van der Waals surface area contributed by atoms with Gasteiger partial charge >= 0.3 is 6.03 Å². The van der Waals surface area contributed by atoms with Crippen LogP contribution in [0.3, 0.4) is 0 Å². The van der Waals surface area contributed by atoms with Gasteiger partial charge in [0.15, 0.2) is 11.5 Å². The minimum absolute atomic E-state index is 0.0267. The maximum Gasteiger partial charge on any atom is 0.319 e. The fourth-order valence-electron chi connectivity index (χ4n) is 3.33. The molecule has 0 radical (unpaired) electrons. The summed E-state index contributed by atoms with van der Waals surface area (Å²) in [4.78, 5) is 26.3. The second-order valence-electron chi connectivity index (χ2n) is 6.68. The highest BCUT2D eigenvalue weighted by molar-refractivity contribution is 5.96. The molecule has 2 heterocycles. The van der Waals surface area contributed by atoms with Crippen molar-refractivity contribution in [3.63, 3.8) is 0 Å². The van der Waals surface area contributed by atoms with Crippen LogP contribution in [0.2, 0.25) is 0 Å². The number of fused-ring (bicyclic) bond motifs is 1. The number of rotatable bonds is 5. The smallest absolute Gasteiger partial charge is 0.319 e. The third-order valence-corrected chi connectivity index (χ3v) is 4.75. The van der Waals surface area contributed by atoms with E-state index in [0.717, 1.165) is 5.69 Å². The summed E-state index contributed by atoms with van der Waals surface area (Å²) in [5.41, 5.74) is 1.42. The van der Waals surface area contributed by atoms with Crippen molar-refractivity contribution in [3.05, 3.63) is 42.5 Å². The van der Waals surface area contributed by atoms with Crippen LogP contribution in [0.15, 0.2) is 42.5 Å². The highest BCUT2D eigenvalue weighted by atomic mass is 16.7. The third-order valence-electron chi connectivity index (χ3n) is 4.75. The lowest BCUT2D eigenvalue weighted by Gasteiger charge is -2.17. The van der Waals surface area contributed by atoms with Crippen LogP contribution in [0, 0.1) is 5.92 Å². The number of urea groups is 1. The Labute approximate surface area is 162 Å². The van der Waals surface area contributed by atoms with Gasteiger partial charge in [-0.25, -0.2) is 4.79 Å². The van der Waals surface area contributed by atoms with Gasteiger partial charge in [-0.1, -0.05) is 6.07 Å². The summed E-state index contributed by atoms with van der Waals surface area (Å²) in [6.07, 6.45) is 0.383. The van der Waals surface area contributed by atoms with E-state index in [1.807, 2.05) is 12.1 Å². The van der Waals surface area contributed by atoms with E-state index in [-0.39, 0.29) is 24.6 Å². The van der Waals surface area contributed by atoms with Crippen molar-refractivity contribution < 1.29 is 23.8 Å². The summed E-state index contributed by atoms with van der Waals surface area (Å²) in [6.45, 7) is 1.14. The molecule has 1 atom stereocenters. The summed E-state index contributed by atoms with van der Waals surface area (Å²) in [6, 6.07) is 12.3. The third kappa shape index (κ3) is 3.80. The molecule has 0 spiro atoms. The van der Waals surface area contributed by atoms with Gasteiger partial charge in [0.05, 0.1) is 7.11 Å². The topological polar surface area (TPSA) is 89.1 Å². The molecule has 1 fully saturated rings. The largest absolute Gasteiger partial charge is 0.497 e. The zero-order valence-electron chi connectivity index (χ0n) is 15.4. The van der Waals surface area contributed by atoms with Crippen LogP contribution < -0.4 is 29.7 Å². The fraction of sp³-hybridized carbons (Fsp3) is 0.300. The lowest BCUT2D eigenvalue weighted by Crippen LogP contribution is -2.34. The molecule has 0 saturated carbocycles. The first kappa shape index (κ1) is 18.0. The molecule has 1 saturated heterocycles. The second-order valence-corrected chi connectivity index (χ2v) is 6.68. The van der Waals surface area contributed by atoms with E-state index in [4.69, 9.17) is 14.2 Å². The van der Waals surface area contributed by atoms with E-state index in [9.17, 15) is 9.59 Å². The number of carbonyl (C=O) groups is 2. The average Bonchev–Trinajstić information content (AvgIpc) is 3.32. The predicted octanol–water partition coefficient (Wildman–Crippen LogP) is 2.60. The highest BCUT2D eigenvalue weighted by Gasteiger charge is 2.31. The summed E-state index contributed by atoms with van der Waals surface area (Å²) in [5, 5.41) is 5.59. The molecule has 146 valence electrons. The molecule has 4 rings (SSSR count). The number of benzene rings is 2. The lowest BCUT2D eigenvalue weighted by atomic mass is 10.1. The molecule has 2 aromatic carbocycles. The van der Waals surface area contributed by atoms with E-state index in [1.54, 1.807) is 42.3 Å². The zero-order chi connectivity index (χ0) is 19.5. The Bertz CT molecular complexity index is 901. The monoisotopic (exact) mass is 383 g/mol. The van der Waals surface area contributed by atoms with Crippen molar-refractivity contribution in [1.29, 1.82) is 0 Å². The number of nitrogens with zero attached hydrogens (tertiary/aromatic N) is 1. The number of anilines is 2. The zero-order valence-corrected chi connectivity index (χ0v) is 15.4. The van der Waals surface area contributed by atoms with E-state index in [0.29, 0.717) is 42.4 Å². The van der Waals surface area contributed by atoms with Crippen LogP contribution in [0.1, 0.15) is 6.42 Å². The predicted molar refractivity (Wildman–Crippen MR) is 103 cm³/mol. The van der Waals surface area contributed by atoms with E-state index in [2.05, 4.69) is 10.6 Å². The number of methoxy groups -OCH3 is 1. The van der Waals surface area contributed by atoms with Crippen LogP contribution in [-0.2, 0) is 4.79 Å². The Hall–Kier alpha value is -3.42. The highest BCUT2D eigenvalue weighted by Crippen LogP contribution is 2.37. The van der Waals surface area contributed by atoms with Gasteiger partial charge in [0.2, 0.25) is 12.7 Å². The first-order valence-electron chi connectivity index (χ1n) is 9.01. The average molecular weight is 383 g/mol. The summed E-state index contributed by atoms with van der Waals surface area (Å²) in [5.74, 6) is 2.05. The molecule has 2 N–H and O–H groups in total. The first-order valence-corrected chi connectivity index (χ1v) is 9.01. The molecule has 3 amide bonds. The molecule has 28 heavy (non-hydrogen) atoms. The Morgan fingerprint density at radius 2 is 2.07 bits per heavy atom. The minimum atomic E-state index is -0.317. The Kier molecular flexibility index (Phi) is 4.92. The van der Waals surface area contributed by atoms with E-state index >= 15 is 0 Å². The summed E-state index contributed by atoms with van der Waals surface area (Å²) in [7, 11) is 1.57. The molecular formula is C20H21N3O5. The van der Waals surface area contributed by atoms with Crippen LogP contribution in [0.4, 0.5) is 16.2 Å². The molecular weight excluding hydrogens is 362 g/mol. The maximum absolute atomic E-state index is 12.4. The molecule has 0 bridgehead atoms. The lowest BCUT2D eigenvalue weighted by molar-refractivity contribution is -0.117. The van der Waals surface area contributed by atoms with Crippen LogP contribution in [0.5, 0.6) is 17.2 Å². The van der Waals surface area contributed by atoms with Crippen molar-refractivity contribution in [3.8, 4) is 17.2 Å². The molecule has 2 aliphatic heterocycles. The molecule has 2 aromatic rings. The van der Waals surface area contributed by atoms with Gasteiger partial charge in [0.1, 0.15) is 5.75 Å². The Morgan fingerprint density at radius 1 is 1.21 bits per heavy atom. The number of hydrogen-bond acceptors (Lipinski definition) is 5. The Balaban J connectivity index is 1.31. The SMILES string of the molecule is COc1cccc(NC(=O)NCC2CC(=O)N(c3ccc4c(c3)OCO4)C2)c1. The van der Waals surface area contributed by atoms with Crippen molar-refractivity contribution in [1.82, 2.24) is 5.32 Å². The van der Waals surface area contributed by atoms with Gasteiger partial charge in [-0.15, -0.1) is 0 Å². The van der Waals surface area contributed by atoms with Crippen LogP contribution >= 0.6 is 0 Å². The van der Waals surface area contributed by atoms with Gasteiger partial charge < -0.3 is 29.7 Å². The number of hydrogen-bond donors (Lipinski definition) is 2. The fourth-order valence-corrected chi connectivity index (χ4v) is 3.33. The number of amides is 3. The second kappa shape index (κ2) is 7.67. The quantitative estimate of drug-likeness (QED) is 0.829. The normalized spacial score (nSPS) is 17.5. The van der Waals surface area contributed by atoms with Crippen molar-refractivity contribution in [2.45, 2.75) is 6.42 Å². The van der Waals surface area contributed by atoms with Gasteiger partial charge in [0.25, 0.3) is 0 Å². The van der Waals surface area contributed by atoms with Gasteiger partial charge in [-0.3, -0.25) is 4.79 Å². The number of ether oxygens (including phenoxy) is 3. The standard InChI is InChI=1S/C20H21N3O5/c1-26-16-4-2-3-14(8-16)22-20(25)21-10-13-7-19(24)23(11-13)15-5-6-17-18(9-15)28-12-27-17/h2-6,8-9,13H,7,10-12H2,1H3,(H2,21,22,25). The molecule has 1 unspecified atom stereocenters.